The van der Waals surface area contributed by atoms with Crippen molar-refractivity contribution in [2.24, 2.45) is 0 Å². The number of halogens is 2. The number of nitrogens with zero attached hydrogens (tertiary/aromatic N) is 3. The number of rotatable bonds is 9. The minimum atomic E-state index is -1.02. The Hall–Kier alpha value is -5.42. The highest BCUT2D eigenvalue weighted by Gasteiger charge is 2.29. The molecule has 5 aromatic rings. The molecule has 2 amide bonds. The van der Waals surface area contributed by atoms with E-state index in [0.717, 1.165) is 11.1 Å². The first-order valence-corrected chi connectivity index (χ1v) is 15.2. The van der Waals surface area contributed by atoms with E-state index in [1.165, 1.54) is 28.9 Å². The molecule has 47 heavy (non-hydrogen) atoms. The van der Waals surface area contributed by atoms with Gasteiger partial charge in [-0.25, -0.2) is 18.7 Å². The number of aromatic carboxylic acids is 1. The lowest BCUT2D eigenvalue weighted by Gasteiger charge is -2.16. The number of hydrogen-bond acceptors (Lipinski definition) is 6. The molecule has 3 N–H and O–H groups in total. The van der Waals surface area contributed by atoms with Gasteiger partial charge < -0.3 is 15.7 Å². The van der Waals surface area contributed by atoms with Gasteiger partial charge in [0, 0.05) is 24.1 Å². The molecule has 3 aromatic carbocycles. The monoisotopic (exact) mass is 653 g/mol. The molecule has 0 spiro atoms. The molecule has 0 saturated heterocycles. The summed E-state index contributed by atoms with van der Waals surface area (Å²) in [5.41, 5.74) is 4.06. The van der Waals surface area contributed by atoms with Crippen molar-refractivity contribution in [1.82, 2.24) is 25.2 Å². The molecule has 2 heterocycles. The molecule has 2 aromatic heterocycles. The van der Waals surface area contributed by atoms with Gasteiger partial charge in [-0.05, 0) is 78.3 Å². The first kappa shape index (κ1) is 31.6. The molecule has 1 atom stereocenters. The Bertz CT molecular complexity index is 2110. The number of benzene rings is 3. The standard InChI is InChI=1S/C35H29ClFN5O5/c1-18-7-8-20(13-27(18)37)16-38-33(44)29-15-30(34(45)41-28-12-11-22-19(2)23(35(46)47)9-10-24(22)28)42-32(40-29)25(17-39-42)31(43)14-21-5-3-4-6-26(21)36/h3-10,13,15,17,28H,11-12,14,16H2,1-2H3,(H,38,44)(H,41,45)(H,46,47)/t28-/m0/s1. The molecule has 0 aliphatic heterocycles. The predicted molar refractivity (Wildman–Crippen MR) is 171 cm³/mol. The number of carboxylic acid groups (broad SMARTS) is 1. The molecular weight excluding hydrogens is 625 g/mol. The summed E-state index contributed by atoms with van der Waals surface area (Å²) in [5, 5.41) is 19.9. The van der Waals surface area contributed by atoms with Gasteiger partial charge in [0.1, 0.15) is 17.2 Å². The fraction of sp³-hybridized carbons (Fsp3) is 0.200. The van der Waals surface area contributed by atoms with Crippen LogP contribution in [0.4, 0.5) is 4.39 Å². The Kier molecular flexibility index (Phi) is 8.57. The van der Waals surface area contributed by atoms with E-state index in [9.17, 15) is 28.7 Å². The van der Waals surface area contributed by atoms with Crippen molar-refractivity contribution in [2.45, 2.75) is 45.7 Å². The summed E-state index contributed by atoms with van der Waals surface area (Å²) in [6.45, 7) is 3.39. The first-order chi connectivity index (χ1) is 22.5. The van der Waals surface area contributed by atoms with Crippen LogP contribution < -0.4 is 10.6 Å². The highest BCUT2D eigenvalue weighted by molar-refractivity contribution is 6.31. The third-order valence-corrected chi connectivity index (χ3v) is 8.83. The Labute approximate surface area is 273 Å². The summed E-state index contributed by atoms with van der Waals surface area (Å²) >= 11 is 6.29. The van der Waals surface area contributed by atoms with Crippen molar-refractivity contribution < 1.29 is 28.7 Å². The van der Waals surface area contributed by atoms with Crippen LogP contribution in [0.25, 0.3) is 5.65 Å². The van der Waals surface area contributed by atoms with E-state index < -0.39 is 29.6 Å². The average Bonchev–Trinajstić information content (AvgIpc) is 3.67. The van der Waals surface area contributed by atoms with Crippen molar-refractivity contribution >= 4 is 40.8 Å². The van der Waals surface area contributed by atoms with Crippen LogP contribution in [0.3, 0.4) is 0 Å². The molecule has 12 heteroatoms. The van der Waals surface area contributed by atoms with Gasteiger partial charge in [0.2, 0.25) is 0 Å². The van der Waals surface area contributed by atoms with Gasteiger partial charge in [-0.3, -0.25) is 14.4 Å². The Morgan fingerprint density at radius 2 is 1.81 bits per heavy atom. The maximum atomic E-state index is 14.1. The summed E-state index contributed by atoms with van der Waals surface area (Å²) in [7, 11) is 0. The number of Topliss-reactive ketones (excluding diaryl/α,β-unsaturated/α-hetero) is 1. The van der Waals surface area contributed by atoms with Crippen LogP contribution in [-0.2, 0) is 19.4 Å². The van der Waals surface area contributed by atoms with Crippen LogP contribution >= 0.6 is 11.6 Å². The van der Waals surface area contributed by atoms with Crippen molar-refractivity contribution in [3.63, 3.8) is 0 Å². The fourth-order valence-electron chi connectivity index (χ4n) is 5.86. The SMILES string of the molecule is Cc1ccc(CNC(=O)c2cc(C(=O)N[C@H]3CCc4c3ccc(C(=O)O)c4C)n3ncc(C(=O)Cc4ccccc4Cl)c3n2)cc1F. The molecule has 0 fully saturated rings. The van der Waals surface area contributed by atoms with Gasteiger partial charge >= 0.3 is 5.97 Å². The molecule has 6 rings (SSSR count). The van der Waals surface area contributed by atoms with Crippen molar-refractivity contribution in [3.05, 3.63) is 134 Å². The van der Waals surface area contributed by atoms with E-state index in [0.29, 0.717) is 40.1 Å². The number of ketones is 1. The van der Waals surface area contributed by atoms with Crippen LogP contribution in [0.1, 0.15) is 87.5 Å². The number of carboxylic acids is 1. The Morgan fingerprint density at radius 1 is 1.02 bits per heavy atom. The van der Waals surface area contributed by atoms with Gasteiger partial charge in [0.25, 0.3) is 11.8 Å². The van der Waals surface area contributed by atoms with Gasteiger partial charge in [-0.1, -0.05) is 48.0 Å². The third-order valence-electron chi connectivity index (χ3n) is 8.46. The highest BCUT2D eigenvalue weighted by atomic mass is 35.5. The second-order valence-corrected chi connectivity index (χ2v) is 11.9. The zero-order valence-corrected chi connectivity index (χ0v) is 26.2. The number of nitrogens with one attached hydrogen (secondary N) is 2. The number of amides is 2. The quantitative estimate of drug-likeness (QED) is 0.176. The van der Waals surface area contributed by atoms with E-state index in [1.807, 2.05) is 0 Å². The number of aryl methyl sites for hydroxylation is 1. The number of hydrogen-bond donors (Lipinski definition) is 3. The lowest BCUT2D eigenvalue weighted by Crippen LogP contribution is -2.31. The molecule has 0 unspecified atom stereocenters. The summed E-state index contributed by atoms with van der Waals surface area (Å²) in [6.07, 6.45) is 2.36. The Balaban J connectivity index is 1.34. The Morgan fingerprint density at radius 3 is 2.55 bits per heavy atom. The minimum Gasteiger partial charge on any atom is -0.478 e. The maximum Gasteiger partial charge on any atom is 0.335 e. The lowest BCUT2D eigenvalue weighted by molar-refractivity contribution is 0.0695. The van der Waals surface area contributed by atoms with Crippen molar-refractivity contribution in [3.8, 4) is 0 Å². The average molecular weight is 654 g/mol. The minimum absolute atomic E-state index is 0.00147. The smallest absolute Gasteiger partial charge is 0.335 e. The van der Waals surface area contributed by atoms with E-state index in [-0.39, 0.29) is 46.9 Å². The van der Waals surface area contributed by atoms with Crippen LogP contribution in [0.2, 0.25) is 5.02 Å². The zero-order chi connectivity index (χ0) is 33.4. The molecule has 238 valence electrons. The zero-order valence-electron chi connectivity index (χ0n) is 25.4. The summed E-state index contributed by atoms with van der Waals surface area (Å²) in [6, 6.07) is 15.6. The molecule has 0 saturated carbocycles. The van der Waals surface area contributed by atoms with Crippen LogP contribution in [-0.4, -0.2) is 43.3 Å². The molecule has 0 bridgehead atoms. The van der Waals surface area contributed by atoms with Crippen LogP contribution in [0, 0.1) is 19.7 Å². The maximum absolute atomic E-state index is 14.1. The fourth-order valence-corrected chi connectivity index (χ4v) is 6.06. The van der Waals surface area contributed by atoms with Gasteiger partial charge in [0.15, 0.2) is 11.4 Å². The molecular formula is C35H29ClFN5O5. The largest absolute Gasteiger partial charge is 0.478 e. The number of carbonyl (C=O) groups is 4. The highest BCUT2D eigenvalue weighted by Crippen LogP contribution is 2.35. The second-order valence-electron chi connectivity index (χ2n) is 11.5. The molecule has 1 aliphatic rings. The first-order valence-electron chi connectivity index (χ1n) is 14.9. The summed E-state index contributed by atoms with van der Waals surface area (Å²) < 4.78 is 15.3. The van der Waals surface area contributed by atoms with E-state index >= 15 is 0 Å². The predicted octanol–water partition coefficient (Wildman–Crippen LogP) is 5.61. The van der Waals surface area contributed by atoms with Crippen LogP contribution in [0.5, 0.6) is 0 Å². The van der Waals surface area contributed by atoms with E-state index in [4.69, 9.17) is 11.6 Å². The summed E-state index contributed by atoms with van der Waals surface area (Å²) in [5.74, 6) is -3.00. The van der Waals surface area contributed by atoms with E-state index in [2.05, 4.69) is 20.7 Å². The van der Waals surface area contributed by atoms with Crippen molar-refractivity contribution in [1.29, 1.82) is 0 Å². The van der Waals surface area contributed by atoms with Gasteiger partial charge in [-0.2, -0.15) is 5.10 Å². The van der Waals surface area contributed by atoms with Gasteiger partial charge in [-0.15, -0.1) is 0 Å². The normalized spacial score (nSPS) is 13.7. The molecule has 10 nitrogen and oxygen atoms in total. The number of carbonyl (C=O) groups excluding carboxylic acids is 3. The number of fused-ring (bicyclic) bond motifs is 2. The third kappa shape index (κ3) is 6.22. The second kappa shape index (κ2) is 12.8. The van der Waals surface area contributed by atoms with E-state index in [1.54, 1.807) is 56.3 Å². The van der Waals surface area contributed by atoms with Crippen LogP contribution in [0.15, 0.2) is 66.9 Å². The lowest BCUT2D eigenvalue weighted by atomic mass is 9.98. The van der Waals surface area contributed by atoms with Gasteiger partial charge in [0.05, 0.1) is 23.4 Å². The molecule has 1 aliphatic carbocycles. The summed E-state index contributed by atoms with van der Waals surface area (Å²) in [4.78, 5) is 56.8. The van der Waals surface area contributed by atoms with Crippen molar-refractivity contribution in [2.75, 3.05) is 0 Å². The molecule has 0 radical (unpaired) electrons. The number of aromatic nitrogens is 3. The topological polar surface area (TPSA) is 143 Å².